The van der Waals surface area contributed by atoms with Crippen molar-refractivity contribution in [2.75, 3.05) is 30.9 Å². The molecule has 0 aromatic carbocycles. The van der Waals surface area contributed by atoms with Gasteiger partial charge in [0, 0.05) is 19.0 Å². The first-order valence-electron chi connectivity index (χ1n) is 8.84. The van der Waals surface area contributed by atoms with Crippen molar-refractivity contribution in [3.05, 3.63) is 16.0 Å². The van der Waals surface area contributed by atoms with Gasteiger partial charge in [0.15, 0.2) is 11.6 Å². The number of hydrogen-bond acceptors (Lipinski definition) is 10. The molecule has 27 heavy (non-hydrogen) atoms. The van der Waals surface area contributed by atoms with Gasteiger partial charge in [0.25, 0.3) is 0 Å². The van der Waals surface area contributed by atoms with Crippen molar-refractivity contribution in [1.29, 1.82) is 0 Å². The predicted molar refractivity (Wildman–Crippen MR) is 102 cm³/mol. The first kappa shape index (κ1) is 17.7. The monoisotopic (exact) mass is 388 g/mol. The van der Waals surface area contributed by atoms with Crippen molar-refractivity contribution in [3.63, 3.8) is 0 Å². The third kappa shape index (κ3) is 3.20. The van der Waals surface area contributed by atoms with Gasteiger partial charge in [-0.2, -0.15) is 0 Å². The van der Waals surface area contributed by atoms with E-state index in [0.29, 0.717) is 35.1 Å². The van der Waals surface area contributed by atoms with Crippen molar-refractivity contribution in [3.8, 4) is 0 Å². The van der Waals surface area contributed by atoms with Crippen LogP contribution in [0.5, 0.6) is 0 Å². The zero-order chi connectivity index (χ0) is 19.0. The van der Waals surface area contributed by atoms with Crippen LogP contribution in [0.4, 0.5) is 16.6 Å². The van der Waals surface area contributed by atoms with E-state index in [-0.39, 0.29) is 5.97 Å². The van der Waals surface area contributed by atoms with E-state index >= 15 is 0 Å². The average Bonchev–Trinajstić information content (AvgIpc) is 3.24. The topological polar surface area (TPSA) is 106 Å². The van der Waals surface area contributed by atoms with Gasteiger partial charge in [-0.15, -0.1) is 11.3 Å². The maximum atomic E-state index is 12.6. The molecular weight excluding hydrogens is 368 g/mol. The number of carbonyl (C=O) groups is 1. The van der Waals surface area contributed by atoms with Crippen LogP contribution in [0.1, 0.15) is 40.6 Å². The van der Waals surface area contributed by atoms with E-state index in [4.69, 9.17) is 9.37 Å². The number of esters is 1. The summed E-state index contributed by atoms with van der Waals surface area (Å²) in [6.07, 6.45) is 4.08. The Kier molecular flexibility index (Phi) is 4.65. The van der Waals surface area contributed by atoms with Crippen molar-refractivity contribution < 1.29 is 14.2 Å². The van der Waals surface area contributed by atoms with Crippen LogP contribution in [-0.4, -0.2) is 47.0 Å². The summed E-state index contributed by atoms with van der Waals surface area (Å²) in [6.45, 7) is 2.15. The van der Waals surface area contributed by atoms with Crippen LogP contribution in [0.25, 0.3) is 11.3 Å². The van der Waals surface area contributed by atoms with E-state index in [1.54, 1.807) is 11.3 Å². The Labute approximate surface area is 159 Å². The molecule has 0 amide bonds. The first-order valence-corrected chi connectivity index (χ1v) is 9.66. The summed E-state index contributed by atoms with van der Waals surface area (Å²) in [6, 6.07) is 0. The fourth-order valence-corrected chi connectivity index (χ4v) is 4.48. The molecule has 1 N–H and O–H groups in total. The minimum Gasteiger partial charge on any atom is -0.462 e. The van der Waals surface area contributed by atoms with Crippen LogP contribution in [0.15, 0.2) is 4.63 Å². The van der Waals surface area contributed by atoms with Crippen LogP contribution >= 0.6 is 11.3 Å². The van der Waals surface area contributed by atoms with E-state index < -0.39 is 0 Å². The van der Waals surface area contributed by atoms with Gasteiger partial charge in [-0.1, -0.05) is 0 Å². The number of nitrogens with one attached hydrogen (secondary N) is 1. The lowest BCUT2D eigenvalue weighted by molar-refractivity contribution is 0.0526. The smallest absolute Gasteiger partial charge is 0.341 e. The fourth-order valence-electron chi connectivity index (χ4n) is 3.21. The van der Waals surface area contributed by atoms with Crippen molar-refractivity contribution in [2.45, 2.75) is 32.6 Å². The van der Waals surface area contributed by atoms with Crippen LogP contribution in [0.3, 0.4) is 0 Å². The molecule has 0 bridgehead atoms. The van der Waals surface area contributed by atoms with E-state index in [1.165, 1.54) is 4.88 Å². The van der Waals surface area contributed by atoms with Crippen molar-refractivity contribution in [2.24, 2.45) is 0 Å². The molecule has 1 aliphatic carbocycles. The second-order valence-electron chi connectivity index (χ2n) is 6.46. The Bertz CT molecular complexity index is 996. The third-order valence-electron chi connectivity index (χ3n) is 4.40. The van der Waals surface area contributed by atoms with Crippen LogP contribution in [-0.2, 0) is 17.6 Å². The van der Waals surface area contributed by atoms with Gasteiger partial charge in [-0.25, -0.2) is 19.4 Å². The highest BCUT2D eigenvalue weighted by atomic mass is 32.1. The molecule has 0 saturated carbocycles. The summed E-state index contributed by atoms with van der Waals surface area (Å²) in [5, 5.41) is 11.5. The minimum atomic E-state index is -0.303. The number of carbonyl (C=O) groups excluding carboxylic acids is 1. The number of thiophene rings is 1. The molecule has 142 valence electrons. The van der Waals surface area contributed by atoms with E-state index in [0.717, 1.165) is 36.2 Å². The molecule has 10 heteroatoms. The summed E-state index contributed by atoms with van der Waals surface area (Å²) in [5.41, 5.74) is 2.35. The number of aryl methyl sites for hydroxylation is 1. The Hall–Kier alpha value is -2.75. The number of nitrogens with zero attached hydrogens (tertiary/aromatic N) is 5. The van der Waals surface area contributed by atoms with E-state index in [9.17, 15) is 4.79 Å². The van der Waals surface area contributed by atoms with Crippen LogP contribution in [0.2, 0.25) is 0 Å². The maximum absolute atomic E-state index is 12.6. The molecule has 3 aromatic rings. The number of ether oxygens (including phenoxy) is 1. The molecule has 0 aliphatic heterocycles. The lowest BCUT2D eigenvalue weighted by Crippen LogP contribution is -2.15. The summed E-state index contributed by atoms with van der Waals surface area (Å²) in [4.78, 5) is 24.6. The van der Waals surface area contributed by atoms with Crippen LogP contribution < -0.4 is 10.2 Å². The molecule has 9 nitrogen and oxygen atoms in total. The van der Waals surface area contributed by atoms with Gasteiger partial charge < -0.3 is 15.0 Å². The quantitative estimate of drug-likeness (QED) is 0.660. The Morgan fingerprint density at radius 2 is 1.96 bits per heavy atom. The van der Waals surface area contributed by atoms with Gasteiger partial charge in [-0.05, 0) is 48.5 Å². The first-order chi connectivity index (χ1) is 13.1. The van der Waals surface area contributed by atoms with Gasteiger partial charge in [-0.3, -0.25) is 0 Å². The largest absolute Gasteiger partial charge is 0.462 e. The second kappa shape index (κ2) is 7.10. The van der Waals surface area contributed by atoms with Crippen molar-refractivity contribution >= 4 is 45.2 Å². The summed E-state index contributed by atoms with van der Waals surface area (Å²) >= 11 is 1.58. The molecule has 0 fully saturated rings. The van der Waals surface area contributed by atoms with E-state index in [2.05, 4.69) is 25.6 Å². The van der Waals surface area contributed by atoms with Crippen LogP contribution in [0, 0.1) is 0 Å². The number of anilines is 3. The lowest BCUT2D eigenvalue weighted by Gasteiger charge is -2.16. The Balaban J connectivity index is 1.80. The highest BCUT2D eigenvalue weighted by Gasteiger charge is 2.27. The number of aromatic nitrogens is 4. The lowest BCUT2D eigenvalue weighted by atomic mass is 9.95. The predicted octanol–water partition coefficient (Wildman–Crippen LogP) is 2.94. The molecule has 0 atom stereocenters. The zero-order valence-corrected chi connectivity index (χ0v) is 16.2. The second-order valence-corrected chi connectivity index (χ2v) is 7.57. The molecule has 4 rings (SSSR count). The molecular formula is C17H20N6O3S. The van der Waals surface area contributed by atoms with Gasteiger partial charge in [0.2, 0.25) is 11.3 Å². The molecule has 1 aliphatic rings. The summed E-state index contributed by atoms with van der Waals surface area (Å²) < 4.78 is 10.0. The third-order valence-corrected chi connectivity index (χ3v) is 5.61. The average molecular weight is 388 g/mol. The molecule has 0 saturated heterocycles. The normalized spacial score (nSPS) is 13.4. The van der Waals surface area contributed by atoms with Crippen molar-refractivity contribution in [1.82, 2.24) is 20.3 Å². The highest BCUT2D eigenvalue weighted by molar-refractivity contribution is 7.16. The van der Waals surface area contributed by atoms with Gasteiger partial charge in [0.1, 0.15) is 5.00 Å². The van der Waals surface area contributed by atoms with E-state index in [1.807, 2.05) is 25.9 Å². The Morgan fingerprint density at radius 1 is 1.22 bits per heavy atom. The zero-order valence-electron chi connectivity index (χ0n) is 15.4. The maximum Gasteiger partial charge on any atom is 0.341 e. The molecule has 0 spiro atoms. The molecule has 3 heterocycles. The highest BCUT2D eigenvalue weighted by Crippen LogP contribution is 2.40. The molecule has 0 radical (unpaired) electrons. The standard InChI is InChI=1S/C17H20N6O3S/c1-4-25-17(24)11-9-7-5-6-8-10(9)27-16(11)20-14-15(23(2)3)19-13-12(18-14)21-26-22-13/h4-8H2,1-3H3,(H,18,20,21). The Morgan fingerprint density at radius 3 is 2.70 bits per heavy atom. The molecule has 0 unspecified atom stereocenters. The summed E-state index contributed by atoms with van der Waals surface area (Å²) in [7, 11) is 3.72. The number of hydrogen-bond donors (Lipinski definition) is 1. The van der Waals surface area contributed by atoms with Gasteiger partial charge in [0.05, 0.1) is 12.2 Å². The summed E-state index contributed by atoms with van der Waals surface area (Å²) in [5.74, 6) is 0.773. The fraction of sp³-hybridized carbons (Fsp3) is 0.471. The SMILES string of the molecule is CCOC(=O)c1c(Nc2nc3nonc3nc2N(C)C)sc2c1CCCC2. The minimum absolute atomic E-state index is 0.303. The van der Waals surface area contributed by atoms with Gasteiger partial charge >= 0.3 is 5.97 Å². The number of rotatable bonds is 5. The number of fused-ring (bicyclic) bond motifs is 2. The molecule has 3 aromatic heterocycles.